The summed E-state index contributed by atoms with van der Waals surface area (Å²) in [5.74, 6) is 0. The van der Waals surface area contributed by atoms with Gasteiger partial charge >= 0.3 is 0 Å². The molecule has 1 aliphatic rings. The van der Waals surface area contributed by atoms with E-state index in [9.17, 15) is 0 Å². The Morgan fingerprint density at radius 1 is 1.10 bits per heavy atom. The fourth-order valence-corrected chi connectivity index (χ4v) is 2.78. The quantitative estimate of drug-likeness (QED) is 0.673. The van der Waals surface area contributed by atoms with Gasteiger partial charge in [0, 0.05) is 13.2 Å². The third-order valence-electron chi connectivity index (χ3n) is 4.14. The molecule has 2 nitrogen and oxygen atoms in total. The van der Waals surface area contributed by atoms with Gasteiger partial charge in [0.15, 0.2) is 0 Å². The predicted octanol–water partition coefficient (Wildman–Crippen LogP) is 4.76. The highest BCUT2D eigenvalue weighted by Crippen LogP contribution is 2.22. The van der Waals surface area contributed by atoms with Gasteiger partial charge in [0.25, 0.3) is 0 Å². The summed E-state index contributed by atoms with van der Waals surface area (Å²) >= 11 is 0. The molecule has 0 saturated carbocycles. The Labute approximate surface area is 136 Å². The first-order chi connectivity index (χ1) is 9.79. The SMILES string of the molecule is CCCCOC(CN1CCCCC1)c1ccc(C)cc1.Cl. The van der Waals surface area contributed by atoms with Gasteiger partial charge in [-0.2, -0.15) is 0 Å². The van der Waals surface area contributed by atoms with Gasteiger partial charge in [-0.25, -0.2) is 0 Å². The standard InChI is InChI=1S/C18H29NO.ClH/c1-3-4-14-20-18(15-19-12-6-5-7-13-19)17-10-8-16(2)9-11-17;/h8-11,18H,3-7,12-15H2,1-2H3;1H. The van der Waals surface area contributed by atoms with Crippen LogP contribution in [0.2, 0.25) is 0 Å². The second kappa shape index (κ2) is 10.2. The third-order valence-corrected chi connectivity index (χ3v) is 4.14. The average Bonchev–Trinajstić information content (AvgIpc) is 2.48. The minimum atomic E-state index is 0. The highest BCUT2D eigenvalue weighted by molar-refractivity contribution is 5.85. The molecule has 1 aromatic rings. The molecule has 0 amide bonds. The Balaban J connectivity index is 0.00000220. The first-order valence-electron chi connectivity index (χ1n) is 8.20. The molecule has 1 fully saturated rings. The van der Waals surface area contributed by atoms with Gasteiger partial charge in [0.2, 0.25) is 0 Å². The molecule has 1 saturated heterocycles. The molecule has 1 unspecified atom stereocenters. The van der Waals surface area contributed by atoms with Crippen LogP contribution in [0.4, 0.5) is 0 Å². The van der Waals surface area contributed by atoms with Gasteiger partial charge in [-0.1, -0.05) is 49.6 Å². The second-order valence-corrected chi connectivity index (χ2v) is 5.98. The molecule has 0 N–H and O–H groups in total. The van der Waals surface area contributed by atoms with Gasteiger partial charge in [-0.15, -0.1) is 12.4 Å². The summed E-state index contributed by atoms with van der Waals surface area (Å²) in [7, 11) is 0. The van der Waals surface area contributed by atoms with E-state index in [4.69, 9.17) is 4.74 Å². The second-order valence-electron chi connectivity index (χ2n) is 5.98. The molecular formula is C18H30ClNO. The number of nitrogens with zero attached hydrogens (tertiary/aromatic N) is 1. The van der Waals surface area contributed by atoms with Crippen LogP contribution in [0.3, 0.4) is 0 Å². The molecule has 0 radical (unpaired) electrons. The average molecular weight is 312 g/mol. The maximum Gasteiger partial charge on any atom is 0.0951 e. The summed E-state index contributed by atoms with van der Waals surface area (Å²) in [5, 5.41) is 0. The molecule has 0 aromatic heterocycles. The molecule has 1 aromatic carbocycles. The summed E-state index contributed by atoms with van der Waals surface area (Å²) in [4.78, 5) is 2.57. The van der Waals surface area contributed by atoms with Crippen molar-refractivity contribution in [3.05, 3.63) is 35.4 Å². The van der Waals surface area contributed by atoms with E-state index < -0.39 is 0 Å². The third kappa shape index (κ3) is 6.37. The summed E-state index contributed by atoms with van der Waals surface area (Å²) in [5.41, 5.74) is 2.65. The zero-order valence-electron chi connectivity index (χ0n) is 13.5. The predicted molar refractivity (Wildman–Crippen MR) is 92.3 cm³/mol. The van der Waals surface area contributed by atoms with E-state index in [2.05, 4.69) is 43.0 Å². The van der Waals surface area contributed by atoms with Gasteiger partial charge in [0.05, 0.1) is 6.10 Å². The van der Waals surface area contributed by atoms with E-state index in [-0.39, 0.29) is 18.5 Å². The summed E-state index contributed by atoms with van der Waals surface area (Å²) in [6, 6.07) is 8.86. The fourth-order valence-electron chi connectivity index (χ4n) is 2.78. The van der Waals surface area contributed by atoms with E-state index in [1.807, 2.05) is 0 Å². The highest BCUT2D eigenvalue weighted by atomic mass is 35.5. The van der Waals surface area contributed by atoms with Crippen LogP contribution in [0.25, 0.3) is 0 Å². The minimum Gasteiger partial charge on any atom is -0.372 e. The molecular weight excluding hydrogens is 282 g/mol. The molecule has 120 valence electrons. The van der Waals surface area contributed by atoms with Crippen LogP contribution in [0.5, 0.6) is 0 Å². The lowest BCUT2D eigenvalue weighted by Gasteiger charge is -2.30. The van der Waals surface area contributed by atoms with Gasteiger partial charge in [-0.3, -0.25) is 0 Å². The highest BCUT2D eigenvalue weighted by Gasteiger charge is 2.18. The largest absolute Gasteiger partial charge is 0.372 e. The maximum atomic E-state index is 6.17. The van der Waals surface area contributed by atoms with Crippen LogP contribution in [0.1, 0.15) is 56.3 Å². The molecule has 21 heavy (non-hydrogen) atoms. The van der Waals surface area contributed by atoms with Crippen molar-refractivity contribution in [3.8, 4) is 0 Å². The summed E-state index contributed by atoms with van der Waals surface area (Å²) in [6.07, 6.45) is 6.67. The van der Waals surface area contributed by atoms with E-state index in [1.165, 1.54) is 49.9 Å². The summed E-state index contributed by atoms with van der Waals surface area (Å²) < 4.78 is 6.17. The lowest BCUT2D eigenvalue weighted by Crippen LogP contribution is -2.34. The van der Waals surface area contributed by atoms with E-state index in [0.717, 1.165) is 19.6 Å². The van der Waals surface area contributed by atoms with Crippen LogP contribution in [-0.2, 0) is 4.74 Å². The minimum absolute atomic E-state index is 0. The first-order valence-corrected chi connectivity index (χ1v) is 8.20. The molecule has 1 atom stereocenters. The van der Waals surface area contributed by atoms with Gasteiger partial charge < -0.3 is 9.64 Å². The number of hydrogen-bond donors (Lipinski definition) is 0. The molecule has 3 heteroatoms. The number of rotatable bonds is 7. The van der Waals surface area contributed by atoms with Crippen LogP contribution < -0.4 is 0 Å². The molecule has 1 aliphatic heterocycles. The lowest BCUT2D eigenvalue weighted by atomic mass is 10.0. The zero-order chi connectivity index (χ0) is 14.2. The number of aryl methyl sites for hydroxylation is 1. The normalized spacial score (nSPS) is 17.2. The lowest BCUT2D eigenvalue weighted by molar-refractivity contribution is 0.0192. The van der Waals surface area contributed by atoms with Crippen LogP contribution >= 0.6 is 12.4 Å². The van der Waals surface area contributed by atoms with Crippen molar-refractivity contribution < 1.29 is 4.74 Å². The number of unbranched alkanes of at least 4 members (excludes halogenated alkanes) is 1. The Morgan fingerprint density at radius 3 is 2.38 bits per heavy atom. The van der Waals surface area contributed by atoms with Crippen molar-refractivity contribution in [2.75, 3.05) is 26.2 Å². The topological polar surface area (TPSA) is 12.5 Å². The van der Waals surface area contributed by atoms with Crippen LogP contribution in [-0.4, -0.2) is 31.1 Å². The summed E-state index contributed by atoms with van der Waals surface area (Å²) in [6.45, 7) is 8.75. The van der Waals surface area contributed by atoms with Crippen molar-refractivity contribution in [2.24, 2.45) is 0 Å². The molecule has 1 heterocycles. The van der Waals surface area contributed by atoms with Crippen molar-refractivity contribution in [1.29, 1.82) is 0 Å². The van der Waals surface area contributed by atoms with E-state index in [1.54, 1.807) is 0 Å². The molecule has 2 rings (SSSR count). The Hall–Kier alpha value is -0.570. The smallest absolute Gasteiger partial charge is 0.0951 e. The monoisotopic (exact) mass is 311 g/mol. The van der Waals surface area contributed by atoms with Gasteiger partial charge in [-0.05, 0) is 44.8 Å². The van der Waals surface area contributed by atoms with Crippen molar-refractivity contribution in [2.45, 2.75) is 52.1 Å². The molecule has 0 bridgehead atoms. The number of benzene rings is 1. The Kier molecular flexibility index (Phi) is 8.98. The van der Waals surface area contributed by atoms with Crippen LogP contribution in [0.15, 0.2) is 24.3 Å². The maximum absolute atomic E-state index is 6.17. The fraction of sp³-hybridized carbons (Fsp3) is 0.667. The molecule has 0 spiro atoms. The number of hydrogen-bond acceptors (Lipinski definition) is 2. The number of piperidine rings is 1. The van der Waals surface area contributed by atoms with Crippen LogP contribution in [0, 0.1) is 6.92 Å². The van der Waals surface area contributed by atoms with Crippen molar-refractivity contribution in [1.82, 2.24) is 4.90 Å². The van der Waals surface area contributed by atoms with Gasteiger partial charge in [0.1, 0.15) is 0 Å². The Bertz CT molecular complexity index is 373. The first kappa shape index (κ1) is 18.5. The van der Waals surface area contributed by atoms with Crippen molar-refractivity contribution >= 4 is 12.4 Å². The Morgan fingerprint density at radius 2 is 1.76 bits per heavy atom. The van der Waals surface area contributed by atoms with E-state index in [0.29, 0.717) is 0 Å². The number of halogens is 1. The molecule has 0 aliphatic carbocycles. The number of ether oxygens (including phenoxy) is 1. The zero-order valence-corrected chi connectivity index (χ0v) is 14.3. The van der Waals surface area contributed by atoms with Crippen molar-refractivity contribution in [3.63, 3.8) is 0 Å². The van der Waals surface area contributed by atoms with E-state index >= 15 is 0 Å². The number of likely N-dealkylation sites (tertiary alicyclic amines) is 1.